The van der Waals surface area contributed by atoms with Gasteiger partial charge in [-0.1, -0.05) is 20.8 Å². The van der Waals surface area contributed by atoms with Crippen LogP contribution in [0.3, 0.4) is 0 Å². The molecule has 130 valence electrons. The first kappa shape index (κ1) is 20.0. The molecular formula is C17H35IN4. The molecule has 5 heteroatoms. The third kappa shape index (κ3) is 6.60. The first-order valence-corrected chi connectivity index (χ1v) is 8.62. The lowest BCUT2D eigenvalue weighted by Gasteiger charge is -2.21. The van der Waals surface area contributed by atoms with E-state index in [4.69, 9.17) is 0 Å². The van der Waals surface area contributed by atoms with Gasteiger partial charge in [0.1, 0.15) is 0 Å². The molecular weight excluding hydrogens is 387 g/mol. The first-order valence-electron chi connectivity index (χ1n) is 8.62. The van der Waals surface area contributed by atoms with Gasteiger partial charge in [-0.15, -0.1) is 24.0 Å². The number of nitrogens with one attached hydrogen (secondary N) is 2. The van der Waals surface area contributed by atoms with Gasteiger partial charge in [-0.05, 0) is 44.4 Å². The molecule has 0 spiro atoms. The average Bonchev–Trinajstić information content (AvgIpc) is 3.16. The Morgan fingerprint density at radius 2 is 1.95 bits per heavy atom. The highest BCUT2D eigenvalue weighted by Gasteiger charge is 2.38. The van der Waals surface area contributed by atoms with Crippen LogP contribution in [0.4, 0.5) is 0 Å². The summed E-state index contributed by atoms with van der Waals surface area (Å²) in [6.07, 6.45) is 6.47. The maximum absolute atomic E-state index is 4.37. The third-order valence-corrected chi connectivity index (χ3v) is 4.60. The summed E-state index contributed by atoms with van der Waals surface area (Å²) in [7, 11) is 1.87. The maximum atomic E-state index is 4.37. The standard InChI is InChI=1S/C17H34N4.HI/c1-13-11-14(12-21(13)15-7-8-15)20-16(18-5)19-10-6-9-17(2,3)4;/h13-15H,6-12H2,1-5H3,(H2,18,19,20);1H. The summed E-state index contributed by atoms with van der Waals surface area (Å²) in [6.45, 7) is 11.4. The minimum Gasteiger partial charge on any atom is -0.356 e. The highest BCUT2D eigenvalue weighted by Crippen LogP contribution is 2.33. The van der Waals surface area contributed by atoms with E-state index in [0.29, 0.717) is 17.5 Å². The van der Waals surface area contributed by atoms with Crippen molar-refractivity contribution < 1.29 is 0 Å². The van der Waals surface area contributed by atoms with Gasteiger partial charge in [0.05, 0.1) is 0 Å². The van der Waals surface area contributed by atoms with Crippen LogP contribution in [0.15, 0.2) is 4.99 Å². The lowest BCUT2D eigenvalue weighted by molar-refractivity contribution is 0.256. The van der Waals surface area contributed by atoms with Crippen molar-refractivity contribution in [2.45, 2.75) is 77.9 Å². The van der Waals surface area contributed by atoms with Crippen LogP contribution in [-0.2, 0) is 0 Å². The van der Waals surface area contributed by atoms with Crippen molar-refractivity contribution in [1.29, 1.82) is 0 Å². The number of hydrogen-bond donors (Lipinski definition) is 2. The number of hydrogen-bond acceptors (Lipinski definition) is 2. The summed E-state index contributed by atoms with van der Waals surface area (Å²) in [5, 5.41) is 7.07. The molecule has 2 fully saturated rings. The second-order valence-corrected chi connectivity index (χ2v) is 8.02. The predicted molar refractivity (Wildman–Crippen MR) is 106 cm³/mol. The number of halogens is 1. The topological polar surface area (TPSA) is 39.7 Å². The fourth-order valence-corrected chi connectivity index (χ4v) is 3.29. The van der Waals surface area contributed by atoms with Crippen LogP contribution in [-0.4, -0.2) is 49.1 Å². The van der Waals surface area contributed by atoms with Gasteiger partial charge in [-0.3, -0.25) is 9.89 Å². The monoisotopic (exact) mass is 422 g/mol. The van der Waals surface area contributed by atoms with Gasteiger partial charge in [0.25, 0.3) is 0 Å². The number of nitrogens with zero attached hydrogens (tertiary/aromatic N) is 2. The molecule has 2 rings (SSSR count). The number of aliphatic imine (C=N–C) groups is 1. The van der Waals surface area contributed by atoms with Gasteiger partial charge < -0.3 is 10.6 Å². The smallest absolute Gasteiger partial charge is 0.191 e. The summed E-state index contributed by atoms with van der Waals surface area (Å²) in [5.74, 6) is 0.971. The highest BCUT2D eigenvalue weighted by molar-refractivity contribution is 14.0. The maximum Gasteiger partial charge on any atom is 0.191 e. The van der Waals surface area contributed by atoms with Crippen LogP contribution < -0.4 is 10.6 Å². The second-order valence-electron chi connectivity index (χ2n) is 8.02. The van der Waals surface area contributed by atoms with Crippen LogP contribution in [0.2, 0.25) is 0 Å². The molecule has 2 aliphatic rings. The van der Waals surface area contributed by atoms with E-state index in [2.05, 4.69) is 48.2 Å². The third-order valence-electron chi connectivity index (χ3n) is 4.60. The van der Waals surface area contributed by atoms with Crippen LogP contribution in [0.25, 0.3) is 0 Å². The van der Waals surface area contributed by atoms with Crippen molar-refractivity contribution >= 4 is 29.9 Å². The Morgan fingerprint density at radius 1 is 1.27 bits per heavy atom. The van der Waals surface area contributed by atoms with Crippen LogP contribution >= 0.6 is 24.0 Å². The van der Waals surface area contributed by atoms with E-state index in [1.54, 1.807) is 0 Å². The molecule has 0 aromatic heterocycles. The first-order chi connectivity index (χ1) is 9.89. The molecule has 22 heavy (non-hydrogen) atoms. The van der Waals surface area contributed by atoms with Crippen LogP contribution in [0.5, 0.6) is 0 Å². The molecule has 2 atom stereocenters. The van der Waals surface area contributed by atoms with E-state index in [1.165, 1.54) is 38.6 Å². The molecule has 2 unspecified atom stereocenters. The Kier molecular flexibility index (Phi) is 7.92. The van der Waals surface area contributed by atoms with E-state index in [0.717, 1.165) is 18.5 Å². The molecule has 0 radical (unpaired) electrons. The molecule has 0 aromatic carbocycles. The SMILES string of the molecule is CN=C(NCCCC(C)(C)C)NC1CC(C)N(C2CC2)C1.I. The van der Waals surface area contributed by atoms with Crippen molar-refractivity contribution in [1.82, 2.24) is 15.5 Å². The summed E-state index contributed by atoms with van der Waals surface area (Å²) < 4.78 is 0. The van der Waals surface area contributed by atoms with E-state index in [9.17, 15) is 0 Å². The van der Waals surface area contributed by atoms with Crippen LogP contribution in [0.1, 0.15) is 59.8 Å². The molecule has 1 aliphatic heterocycles. The molecule has 4 nitrogen and oxygen atoms in total. The molecule has 2 N–H and O–H groups in total. The number of guanidine groups is 1. The summed E-state index contributed by atoms with van der Waals surface area (Å²) in [4.78, 5) is 7.04. The van der Waals surface area contributed by atoms with Gasteiger partial charge in [0.2, 0.25) is 0 Å². The van der Waals surface area contributed by atoms with Gasteiger partial charge >= 0.3 is 0 Å². The molecule has 0 aromatic rings. The summed E-state index contributed by atoms with van der Waals surface area (Å²) >= 11 is 0. The molecule has 1 aliphatic carbocycles. The molecule has 0 amide bonds. The largest absolute Gasteiger partial charge is 0.356 e. The minimum absolute atomic E-state index is 0. The summed E-state index contributed by atoms with van der Waals surface area (Å²) in [5.41, 5.74) is 0.421. The van der Waals surface area contributed by atoms with E-state index < -0.39 is 0 Å². The Labute approximate surface area is 153 Å². The molecule has 1 saturated carbocycles. The zero-order chi connectivity index (χ0) is 15.5. The second kappa shape index (κ2) is 8.71. The zero-order valence-corrected chi connectivity index (χ0v) is 17.3. The fraction of sp³-hybridized carbons (Fsp3) is 0.941. The van der Waals surface area contributed by atoms with Crippen molar-refractivity contribution in [2.24, 2.45) is 10.4 Å². The predicted octanol–water partition coefficient (Wildman–Crippen LogP) is 3.22. The summed E-state index contributed by atoms with van der Waals surface area (Å²) in [6, 6.07) is 2.14. The number of rotatable bonds is 5. The van der Waals surface area contributed by atoms with Gasteiger partial charge in [0.15, 0.2) is 5.96 Å². The van der Waals surface area contributed by atoms with Crippen molar-refractivity contribution in [3.63, 3.8) is 0 Å². The van der Waals surface area contributed by atoms with Crippen molar-refractivity contribution in [2.75, 3.05) is 20.1 Å². The van der Waals surface area contributed by atoms with Crippen molar-refractivity contribution in [3.05, 3.63) is 0 Å². The Morgan fingerprint density at radius 3 is 2.50 bits per heavy atom. The van der Waals surface area contributed by atoms with E-state index >= 15 is 0 Å². The average molecular weight is 422 g/mol. The van der Waals surface area contributed by atoms with Gasteiger partial charge in [-0.2, -0.15) is 0 Å². The molecule has 0 bridgehead atoms. The van der Waals surface area contributed by atoms with E-state index in [1.807, 2.05) is 7.05 Å². The Bertz CT molecular complexity index is 360. The minimum atomic E-state index is 0. The van der Waals surface area contributed by atoms with Crippen LogP contribution in [0, 0.1) is 5.41 Å². The lowest BCUT2D eigenvalue weighted by atomic mass is 9.91. The lowest BCUT2D eigenvalue weighted by Crippen LogP contribution is -2.45. The Hall–Kier alpha value is -0.0400. The normalized spacial score (nSPS) is 26.7. The quantitative estimate of drug-likeness (QED) is 0.309. The van der Waals surface area contributed by atoms with E-state index in [-0.39, 0.29) is 24.0 Å². The fourth-order valence-electron chi connectivity index (χ4n) is 3.29. The zero-order valence-electron chi connectivity index (χ0n) is 15.0. The Balaban J connectivity index is 0.00000242. The van der Waals surface area contributed by atoms with Gasteiger partial charge in [-0.25, -0.2) is 0 Å². The molecule has 1 saturated heterocycles. The van der Waals surface area contributed by atoms with Crippen molar-refractivity contribution in [3.8, 4) is 0 Å². The molecule has 1 heterocycles. The number of likely N-dealkylation sites (tertiary alicyclic amines) is 1. The highest BCUT2D eigenvalue weighted by atomic mass is 127. The van der Waals surface area contributed by atoms with Gasteiger partial charge in [0, 0.05) is 38.3 Å².